The Labute approximate surface area is 132 Å². The molecule has 0 saturated carbocycles. The summed E-state index contributed by atoms with van der Waals surface area (Å²) in [6.45, 7) is 4.93. The van der Waals surface area contributed by atoms with Crippen molar-refractivity contribution < 1.29 is 4.74 Å². The van der Waals surface area contributed by atoms with E-state index in [1.54, 1.807) is 0 Å². The fourth-order valence-electron chi connectivity index (χ4n) is 2.40. The lowest BCUT2D eigenvalue weighted by atomic mass is 9.99. The van der Waals surface area contributed by atoms with Crippen molar-refractivity contribution in [3.63, 3.8) is 0 Å². The second-order valence-electron chi connectivity index (χ2n) is 5.28. The molecule has 0 amide bonds. The Morgan fingerprint density at radius 3 is 2.50 bits per heavy atom. The van der Waals surface area contributed by atoms with Gasteiger partial charge in [0.05, 0.1) is 6.61 Å². The third-order valence-corrected chi connectivity index (χ3v) is 4.03. The van der Waals surface area contributed by atoms with Gasteiger partial charge in [-0.05, 0) is 31.5 Å². The van der Waals surface area contributed by atoms with Crippen LogP contribution in [0.2, 0.25) is 0 Å². The highest BCUT2D eigenvalue weighted by Gasteiger charge is 2.12. The summed E-state index contributed by atoms with van der Waals surface area (Å²) in [5.41, 5.74) is 7.46. The molecule has 0 aliphatic rings. The first kappa shape index (κ1) is 17.5. The fourth-order valence-corrected chi connectivity index (χ4v) is 2.77. The fraction of sp³-hybridized carbons (Fsp3) is 0.647. The summed E-state index contributed by atoms with van der Waals surface area (Å²) >= 11 is 3.51. The maximum absolute atomic E-state index is 6.34. The standard InChI is InChI=1S/C17H28BrNO/c1-3-5-6-7-8-9-10-16(19)15-13-14(18)11-12-17(15)20-4-2/h11-13,16H,3-10,19H2,1-2H3. The lowest BCUT2D eigenvalue weighted by Gasteiger charge is -2.17. The van der Waals surface area contributed by atoms with E-state index in [9.17, 15) is 0 Å². The van der Waals surface area contributed by atoms with Crippen molar-refractivity contribution in [2.45, 2.75) is 64.8 Å². The summed E-state index contributed by atoms with van der Waals surface area (Å²) in [4.78, 5) is 0. The van der Waals surface area contributed by atoms with E-state index in [0.29, 0.717) is 6.61 Å². The molecule has 0 aliphatic carbocycles. The number of halogens is 1. The molecule has 3 heteroatoms. The zero-order valence-electron chi connectivity index (χ0n) is 12.8. The predicted molar refractivity (Wildman–Crippen MR) is 90.2 cm³/mol. The normalized spacial score (nSPS) is 12.4. The molecule has 1 aromatic carbocycles. The molecule has 2 N–H and O–H groups in total. The topological polar surface area (TPSA) is 35.2 Å². The van der Waals surface area contributed by atoms with Crippen LogP contribution in [0.5, 0.6) is 5.75 Å². The molecule has 0 bridgehead atoms. The molecule has 114 valence electrons. The second-order valence-corrected chi connectivity index (χ2v) is 6.19. The lowest BCUT2D eigenvalue weighted by Crippen LogP contribution is -2.12. The summed E-state index contributed by atoms with van der Waals surface area (Å²) in [5, 5.41) is 0. The van der Waals surface area contributed by atoms with Crippen LogP contribution in [0.1, 0.15) is 70.4 Å². The van der Waals surface area contributed by atoms with Crippen molar-refractivity contribution >= 4 is 15.9 Å². The predicted octanol–water partition coefficient (Wildman–Crippen LogP) is 5.60. The summed E-state index contributed by atoms with van der Waals surface area (Å²) in [6, 6.07) is 6.17. The molecule has 0 aliphatic heterocycles. The van der Waals surface area contributed by atoms with Crippen molar-refractivity contribution in [2.24, 2.45) is 5.73 Å². The highest BCUT2D eigenvalue weighted by molar-refractivity contribution is 9.10. The molecular formula is C17H28BrNO. The van der Waals surface area contributed by atoms with Crippen LogP contribution in [0, 0.1) is 0 Å². The summed E-state index contributed by atoms with van der Waals surface area (Å²) in [7, 11) is 0. The molecule has 0 fully saturated rings. The van der Waals surface area contributed by atoms with Crippen molar-refractivity contribution in [2.75, 3.05) is 6.61 Å². The minimum absolute atomic E-state index is 0.0697. The third-order valence-electron chi connectivity index (χ3n) is 3.54. The van der Waals surface area contributed by atoms with Gasteiger partial charge in [0.25, 0.3) is 0 Å². The minimum atomic E-state index is 0.0697. The zero-order chi connectivity index (χ0) is 14.8. The van der Waals surface area contributed by atoms with Gasteiger partial charge < -0.3 is 10.5 Å². The van der Waals surface area contributed by atoms with Crippen molar-refractivity contribution in [1.82, 2.24) is 0 Å². The van der Waals surface area contributed by atoms with Gasteiger partial charge in [0.2, 0.25) is 0 Å². The average molecular weight is 342 g/mol. The molecule has 2 nitrogen and oxygen atoms in total. The Balaban J connectivity index is 2.45. The zero-order valence-corrected chi connectivity index (χ0v) is 14.4. The van der Waals surface area contributed by atoms with Gasteiger partial charge in [-0.3, -0.25) is 0 Å². The highest BCUT2D eigenvalue weighted by Crippen LogP contribution is 2.30. The lowest BCUT2D eigenvalue weighted by molar-refractivity contribution is 0.333. The van der Waals surface area contributed by atoms with Crippen molar-refractivity contribution in [3.8, 4) is 5.75 Å². The van der Waals surface area contributed by atoms with Crippen LogP contribution in [0.4, 0.5) is 0 Å². The van der Waals surface area contributed by atoms with E-state index in [2.05, 4.69) is 28.9 Å². The first-order chi connectivity index (χ1) is 9.69. The van der Waals surface area contributed by atoms with E-state index in [-0.39, 0.29) is 6.04 Å². The Kier molecular flexibility index (Phi) is 8.95. The second kappa shape index (κ2) is 10.2. The van der Waals surface area contributed by atoms with E-state index in [4.69, 9.17) is 10.5 Å². The average Bonchev–Trinajstić information content (AvgIpc) is 2.44. The summed E-state index contributed by atoms with van der Waals surface area (Å²) in [5.74, 6) is 0.925. The van der Waals surface area contributed by atoms with Crippen LogP contribution in [-0.4, -0.2) is 6.61 Å². The SMILES string of the molecule is CCCCCCCCC(N)c1cc(Br)ccc1OCC. The van der Waals surface area contributed by atoms with Gasteiger partial charge in [-0.1, -0.05) is 61.4 Å². The number of hydrogen-bond donors (Lipinski definition) is 1. The van der Waals surface area contributed by atoms with Gasteiger partial charge in [0.1, 0.15) is 5.75 Å². The Morgan fingerprint density at radius 1 is 1.10 bits per heavy atom. The Bertz CT molecular complexity index is 381. The van der Waals surface area contributed by atoms with Gasteiger partial charge in [-0.2, -0.15) is 0 Å². The molecule has 0 radical (unpaired) electrons. The van der Waals surface area contributed by atoms with E-state index in [1.807, 2.05) is 19.1 Å². The summed E-state index contributed by atoms with van der Waals surface area (Å²) < 4.78 is 6.74. The number of ether oxygens (including phenoxy) is 1. The molecule has 20 heavy (non-hydrogen) atoms. The number of benzene rings is 1. The van der Waals surface area contributed by atoms with Crippen LogP contribution >= 0.6 is 15.9 Å². The number of rotatable bonds is 10. The van der Waals surface area contributed by atoms with Gasteiger partial charge in [-0.25, -0.2) is 0 Å². The Hall–Kier alpha value is -0.540. The smallest absolute Gasteiger partial charge is 0.124 e. The van der Waals surface area contributed by atoms with E-state index in [1.165, 1.54) is 38.5 Å². The monoisotopic (exact) mass is 341 g/mol. The molecule has 1 atom stereocenters. The minimum Gasteiger partial charge on any atom is -0.494 e. The molecule has 0 spiro atoms. The van der Waals surface area contributed by atoms with Crippen molar-refractivity contribution in [1.29, 1.82) is 0 Å². The van der Waals surface area contributed by atoms with Crippen LogP contribution in [-0.2, 0) is 0 Å². The van der Waals surface area contributed by atoms with Gasteiger partial charge in [0.15, 0.2) is 0 Å². The van der Waals surface area contributed by atoms with Crippen LogP contribution < -0.4 is 10.5 Å². The molecule has 0 aromatic heterocycles. The maximum Gasteiger partial charge on any atom is 0.124 e. The van der Waals surface area contributed by atoms with Crippen LogP contribution in [0.3, 0.4) is 0 Å². The summed E-state index contributed by atoms with van der Waals surface area (Å²) in [6.07, 6.45) is 8.85. The van der Waals surface area contributed by atoms with Gasteiger partial charge >= 0.3 is 0 Å². The van der Waals surface area contributed by atoms with Crippen LogP contribution in [0.25, 0.3) is 0 Å². The molecule has 1 aromatic rings. The van der Waals surface area contributed by atoms with E-state index < -0.39 is 0 Å². The molecule has 1 unspecified atom stereocenters. The molecule has 0 saturated heterocycles. The molecule has 1 rings (SSSR count). The molecule has 0 heterocycles. The highest BCUT2D eigenvalue weighted by atomic mass is 79.9. The number of unbranched alkanes of at least 4 members (excludes halogenated alkanes) is 5. The third kappa shape index (κ3) is 6.27. The van der Waals surface area contributed by atoms with Gasteiger partial charge in [-0.15, -0.1) is 0 Å². The van der Waals surface area contributed by atoms with Crippen LogP contribution in [0.15, 0.2) is 22.7 Å². The Morgan fingerprint density at radius 2 is 1.80 bits per heavy atom. The van der Waals surface area contributed by atoms with E-state index >= 15 is 0 Å². The first-order valence-corrected chi connectivity index (χ1v) is 8.66. The largest absolute Gasteiger partial charge is 0.494 e. The first-order valence-electron chi connectivity index (χ1n) is 7.86. The maximum atomic E-state index is 6.34. The number of hydrogen-bond acceptors (Lipinski definition) is 2. The van der Waals surface area contributed by atoms with E-state index in [0.717, 1.165) is 22.2 Å². The molecular weight excluding hydrogens is 314 g/mol. The van der Waals surface area contributed by atoms with Crippen molar-refractivity contribution in [3.05, 3.63) is 28.2 Å². The quantitative estimate of drug-likeness (QED) is 0.562. The van der Waals surface area contributed by atoms with Gasteiger partial charge in [0, 0.05) is 16.1 Å². The number of nitrogens with two attached hydrogens (primary N) is 1.